The normalized spacial score (nSPS) is 41.3. The van der Waals surface area contributed by atoms with Gasteiger partial charge in [-0.15, -0.1) is 0 Å². The monoisotopic (exact) mass is 454 g/mol. The van der Waals surface area contributed by atoms with Gasteiger partial charge in [0.25, 0.3) is 0 Å². The molecular formula is C30H46O3. The first-order valence-corrected chi connectivity index (χ1v) is 13.5. The molecule has 3 nitrogen and oxygen atoms in total. The third-order valence-corrected chi connectivity index (χ3v) is 11.7. The van der Waals surface area contributed by atoms with Gasteiger partial charge < -0.3 is 5.11 Å². The van der Waals surface area contributed by atoms with Crippen LogP contribution < -0.4 is 0 Å². The smallest absolute Gasteiger partial charge is 0.330 e. The Kier molecular flexibility index (Phi) is 6.07. The summed E-state index contributed by atoms with van der Waals surface area (Å²) in [6.45, 7) is 16.2. The summed E-state index contributed by atoms with van der Waals surface area (Å²) in [6.07, 6.45) is 13.0. The lowest BCUT2D eigenvalue weighted by Gasteiger charge is -2.61. The fourth-order valence-electron chi connectivity index (χ4n) is 9.29. The van der Waals surface area contributed by atoms with Crippen LogP contribution in [0, 0.1) is 39.4 Å². The van der Waals surface area contributed by atoms with Crippen LogP contribution in [0.15, 0.2) is 22.8 Å². The molecule has 0 bridgehead atoms. The third-order valence-electron chi connectivity index (χ3n) is 11.7. The second kappa shape index (κ2) is 8.09. The van der Waals surface area contributed by atoms with Gasteiger partial charge in [-0.05, 0) is 98.7 Å². The Morgan fingerprint density at radius 1 is 1.03 bits per heavy atom. The van der Waals surface area contributed by atoms with Gasteiger partial charge in [-0.3, -0.25) is 4.79 Å². The van der Waals surface area contributed by atoms with Gasteiger partial charge in [0.05, 0.1) is 0 Å². The van der Waals surface area contributed by atoms with Crippen LogP contribution in [0.3, 0.4) is 0 Å². The number of hydrogen-bond acceptors (Lipinski definition) is 2. The molecule has 4 aliphatic carbocycles. The van der Waals surface area contributed by atoms with Crippen LogP contribution in [0.2, 0.25) is 0 Å². The molecule has 0 saturated heterocycles. The number of aliphatic carboxylic acids is 1. The highest BCUT2D eigenvalue weighted by Gasteiger charge is 2.63. The Bertz CT molecular complexity index is 908. The minimum atomic E-state index is -0.800. The van der Waals surface area contributed by atoms with Crippen LogP contribution in [0.1, 0.15) is 113 Å². The molecule has 4 rings (SSSR count). The van der Waals surface area contributed by atoms with E-state index in [-0.39, 0.29) is 16.2 Å². The van der Waals surface area contributed by atoms with E-state index in [9.17, 15) is 9.59 Å². The van der Waals surface area contributed by atoms with E-state index < -0.39 is 5.97 Å². The Balaban J connectivity index is 1.61. The molecule has 0 aromatic rings. The van der Waals surface area contributed by atoms with Crippen molar-refractivity contribution in [2.24, 2.45) is 39.4 Å². The molecule has 184 valence electrons. The van der Waals surface area contributed by atoms with Crippen LogP contribution in [-0.2, 0) is 9.59 Å². The van der Waals surface area contributed by atoms with Crippen molar-refractivity contribution in [3.63, 3.8) is 0 Å². The van der Waals surface area contributed by atoms with Crippen LogP contribution in [0.25, 0.3) is 0 Å². The fourth-order valence-corrected chi connectivity index (χ4v) is 9.29. The van der Waals surface area contributed by atoms with Gasteiger partial charge >= 0.3 is 5.97 Å². The first-order chi connectivity index (χ1) is 15.3. The van der Waals surface area contributed by atoms with Crippen molar-refractivity contribution in [3.05, 3.63) is 22.8 Å². The van der Waals surface area contributed by atoms with E-state index in [0.717, 1.165) is 25.7 Å². The van der Waals surface area contributed by atoms with Crippen LogP contribution in [0.5, 0.6) is 0 Å². The van der Waals surface area contributed by atoms with E-state index in [1.54, 1.807) is 18.1 Å². The minimum Gasteiger partial charge on any atom is -0.478 e. The lowest BCUT2D eigenvalue weighted by molar-refractivity contribution is -0.139. The van der Waals surface area contributed by atoms with Gasteiger partial charge in [-0.25, -0.2) is 4.79 Å². The van der Waals surface area contributed by atoms with E-state index >= 15 is 0 Å². The summed E-state index contributed by atoms with van der Waals surface area (Å²) in [4.78, 5) is 23.9. The average Bonchev–Trinajstić information content (AvgIpc) is 3.02. The lowest BCUT2D eigenvalue weighted by atomic mass is 9.43. The first-order valence-electron chi connectivity index (χ1n) is 13.5. The van der Waals surface area contributed by atoms with E-state index in [0.29, 0.717) is 34.5 Å². The Morgan fingerprint density at radius 3 is 2.39 bits per heavy atom. The number of Topliss-reactive ketones (excluding diaryl/α,β-unsaturated/α-hetero) is 1. The summed E-state index contributed by atoms with van der Waals surface area (Å²) in [7, 11) is 0. The topological polar surface area (TPSA) is 54.4 Å². The van der Waals surface area contributed by atoms with Crippen molar-refractivity contribution in [1.82, 2.24) is 0 Å². The zero-order valence-electron chi connectivity index (χ0n) is 22.1. The van der Waals surface area contributed by atoms with Crippen molar-refractivity contribution in [3.8, 4) is 0 Å². The molecule has 0 radical (unpaired) electrons. The number of carbonyl (C=O) groups is 2. The number of carbonyl (C=O) groups excluding carboxylic acids is 1. The van der Waals surface area contributed by atoms with Crippen LogP contribution >= 0.6 is 0 Å². The van der Waals surface area contributed by atoms with Gasteiger partial charge in [-0.2, -0.15) is 0 Å². The highest BCUT2D eigenvalue weighted by atomic mass is 16.4. The van der Waals surface area contributed by atoms with Gasteiger partial charge in [0, 0.05) is 17.4 Å². The summed E-state index contributed by atoms with van der Waals surface area (Å²) >= 11 is 0. The summed E-state index contributed by atoms with van der Waals surface area (Å²) in [5.41, 5.74) is 4.58. The molecule has 0 aromatic heterocycles. The second-order valence-corrected chi connectivity index (χ2v) is 13.3. The molecule has 2 saturated carbocycles. The molecule has 3 heteroatoms. The average molecular weight is 455 g/mol. The van der Waals surface area contributed by atoms with Crippen molar-refractivity contribution in [2.45, 2.75) is 113 Å². The molecule has 2 unspecified atom stereocenters. The standard InChI is InChI=1S/C30H46O3/c1-19(9-8-10-20(2)26(32)33)21-13-17-30(7)23-11-12-24-27(3,4)25(31)15-16-28(24,5)22(23)14-18-29(21,30)6/h10,19,21,24H,8-9,11-18H2,1-7H3,(H,32,33)/b20-10-/t19?,21-,24?,28+,29-,30+/m0/s1. The van der Waals surface area contributed by atoms with E-state index in [1.807, 2.05) is 6.08 Å². The Labute approximate surface area is 201 Å². The zero-order valence-corrected chi connectivity index (χ0v) is 22.1. The van der Waals surface area contributed by atoms with Crippen molar-refractivity contribution in [2.75, 3.05) is 0 Å². The van der Waals surface area contributed by atoms with Gasteiger partial charge in [-0.1, -0.05) is 58.8 Å². The Morgan fingerprint density at radius 2 is 1.73 bits per heavy atom. The number of rotatable bonds is 5. The molecule has 0 aliphatic heterocycles. The third kappa shape index (κ3) is 3.50. The maximum atomic E-state index is 12.8. The van der Waals surface area contributed by atoms with Crippen LogP contribution in [0.4, 0.5) is 0 Å². The molecule has 0 spiro atoms. The van der Waals surface area contributed by atoms with Crippen LogP contribution in [-0.4, -0.2) is 16.9 Å². The van der Waals surface area contributed by atoms with Gasteiger partial charge in [0.1, 0.15) is 5.78 Å². The van der Waals surface area contributed by atoms with Crippen molar-refractivity contribution in [1.29, 1.82) is 0 Å². The maximum Gasteiger partial charge on any atom is 0.330 e. The zero-order chi connectivity index (χ0) is 24.4. The molecule has 2 fully saturated rings. The molecule has 0 heterocycles. The number of carboxylic acid groups (broad SMARTS) is 1. The summed E-state index contributed by atoms with van der Waals surface area (Å²) in [5.74, 6) is 1.47. The molecule has 6 atom stereocenters. The maximum absolute atomic E-state index is 12.8. The summed E-state index contributed by atoms with van der Waals surface area (Å²) in [6, 6.07) is 0. The predicted octanol–water partition coefficient (Wildman–Crippen LogP) is 7.75. The number of fused-ring (bicyclic) bond motifs is 4. The number of ketones is 1. The molecular weight excluding hydrogens is 408 g/mol. The van der Waals surface area contributed by atoms with E-state index in [2.05, 4.69) is 41.5 Å². The van der Waals surface area contributed by atoms with Gasteiger partial charge in [0.15, 0.2) is 0 Å². The molecule has 0 aromatic carbocycles. The van der Waals surface area contributed by atoms with Gasteiger partial charge in [0.2, 0.25) is 0 Å². The minimum absolute atomic E-state index is 0.193. The highest BCUT2D eigenvalue weighted by molar-refractivity contribution is 5.86. The largest absolute Gasteiger partial charge is 0.478 e. The Hall–Kier alpha value is -1.38. The summed E-state index contributed by atoms with van der Waals surface area (Å²) < 4.78 is 0. The molecule has 1 N–H and O–H groups in total. The highest BCUT2D eigenvalue weighted by Crippen LogP contribution is 2.72. The number of allylic oxidation sites excluding steroid dienone is 3. The van der Waals surface area contributed by atoms with Crippen molar-refractivity contribution < 1.29 is 14.7 Å². The lowest BCUT2D eigenvalue weighted by Crippen LogP contribution is -2.53. The summed E-state index contributed by atoms with van der Waals surface area (Å²) in [5, 5.41) is 9.16. The predicted molar refractivity (Wildman–Crippen MR) is 134 cm³/mol. The molecule has 4 aliphatic rings. The van der Waals surface area contributed by atoms with E-state index in [1.165, 1.54) is 38.5 Å². The molecule has 0 amide bonds. The first kappa shape index (κ1) is 24.7. The molecule has 33 heavy (non-hydrogen) atoms. The fraction of sp³-hybridized carbons (Fsp3) is 0.800. The second-order valence-electron chi connectivity index (χ2n) is 13.3. The SMILES string of the molecule is C/C(=C/CCC(C)[C@@H]1CC[C@]2(C)C3=C(CC[C@@]12C)[C@@]1(C)CCC(=O)C(C)(C)C1CC3)C(=O)O. The quantitative estimate of drug-likeness (QED) is 0.341. The number of carboxylic acids is 1. The van der Waals surface area contributed by atoms with Crippen molar-refractivity contribution >= 4 is 11.8 Å². The number of hydrogen-bond donors (Lipinski definition) is 1. The van der Waals surface area contributed by atoms with E-state index in [4.69, 9.17) is 5.11 Å².